The Kier molecular flexibility index (Phi) is 14.5. The molecule has 280 valence electrons. The van der Waals surface area contributed by atoms with Gasteiger partial charge in [-0.05, 0) is 57.1 Å². The van der Waals surface area contributed by atoms with E-state index in [1.54, 1.807) is 49.1 Å². The number of carbonyl (C=O) groups excluding carboxylic acids is 2. The van der Waals surface area contributed by atoms with Gasteiger partial charge in [-0.3, -0.25) is 9.69 Å². The highest BCUT2D eigenvalue weighted by Crippen LogP contribution is 2.37. The second-order valence-electron chi connectivity index (χ2n) is 16.3. The number of ether oxygens (including phenoxy) is 3. The minimum atomic E-state index is -1.49. The number of amides is 1. The van der Waals surface area contributed by atoms with Gasteiger partial charge >= 0.3 is 12.1 Å². The van der Waals surface area contributed by atoms with Gasteiger partial charge in [-0.1, -0.05) is 65.8 Å². The van der Waals surface area contributed by atoms with Gasteiger partial charge in [0.1, 0.15) is 11.7 Å². The van der Waals surface area contributed by atoms with Crippen LogP contribution >= 0.6 is 0 Å². The van der Waals surface area contributed by atoms with E-state index >= 15 is 0 Å². The molecule has 0 saturated carbocycles. The first-order valence-corrected chi connectivity index (χ1v) is 18.1. The molecular weight excluding hydrogens is 628 g/mol. The van der Waals surface area contributed by atoms with Crippen molar-refractivity contribution in [1.29, 1.82) is 0 Å². The second-order valence-corrected chi connectivity index (χ2v) is 16.3. The predicted molar refractivity (Wildman–Crippen MR) is 189 cm³/mol. The van der Waals surface area contributed by atoms with Crippen LogP contribution in [0.15, 0.2) is 36.0 Å². The van der Waals surface area contributed by atoms with Gasteiger partial charge in [-0.15, -0.1) is 0 Å². The van der Waals surface area contributed by atoms with Crippen LogP contribution in [0.1, 0.15) is 94.4 Å². The molecule has 3 heterocycles. The van der Waals surface area contributed by atoms with Crippen LogP contribution in [0, 0.1) is 17.3 Å². The van der Waals surface area contributed by atoms with E-state index in [-0.39, 0.29) is 48.7 Å². The Morgan fingerprint density at radius 1 is 1.18 bits per heavy atom. The Bertz CT molecular complexity index is 1180. The molecule has 3 aliphatic heterocycles. The molecule has 0 aromatic heterocycles. The predicted octanol–water partition coefficient (Wildman–Crippen LogP) is 4.37. The normalized spacial score (nSPS) is 33.6. The fraction of sp³-hybridized carbons (Fsp3) is 0.789. The van der Waals surface area contributed by atoms with Crippen molar-refractivity contribution in [2.75, 3.05) is 32.7 Å². The Hall–Kier alpha value is -2.28. The lowest BCUT2D eigenvalue weighted by molar-refractivity contribution is -0.151. The molecule has 10 unspecified atom stereocenters. The number of nitrogens with zero attached hydrogens (tertiary/aromatic N) is 2. The number of carbonyl (C=O) groups is 2. The summed E-state index contributed by atoms with van der Waals surface area (Å²) in [5.41, 5.74) is -1.79. The van der Waals surface area contributed by atoms with Crippen LogP contribution in [-0.2, 0) is 19.0 Å². The zero-order valence-corrected chi connectivity index (χ0v) is 31.3. The summed E-state index contributed by atoms with van der Waals surface area (Å²) in [6.45, 7) is 20.9. The van der Waals surface area contributed by atoms with Crippen molar-refractivity contribution in [3.05, 3.63) is 36.0 Å². The Morgan fingerprint density at radius 2 is 1.84 bits per heavy atom. The molecule has 11 nitrogen and oxygen atoms in total. The molecule has 10 atom stereocenters. The molecule has 0 spiro atoms. The maximum absolute atomic E-state index is 13.3. The summed E-state index contributed by atoms with van der Waals surface area (Å²) in [5, 5.41) is 43.3. The molecule has 2 saturated heterocycles. The zero-order chi connectivity index (χ0) is 36.7. The third-order valence-electron chi connectivity index (χ3n) is 9.92. The van der Waals surface area contributed by atoms with E-state index in [0.29, 0.717) is 31.5 Å². The average molecular weight is 693 g/mol. The number of rotatable bonds is 10. The zero-order valence-electron chi connectivity index (χ0n) is 31.3. The van der Waals surface area contributed by atoms with E-state index in [4.69, 9.17) is 14.2 Å². The SMILES string of the molecule is CCC(O)C(C)C1OC1CC(C)(O)C=CC=C(C)C1OC(=O)CC(O)CCC(C)(O)C(OC(=O)N2CCN(CC(C)(C)C)CC2)C=CC1C. The van der Waals surface area contributed by atoms with Crippen molar-refractivity contribution >= 4 is 12.1 Å². The van der Waals surface area contributed by atoms with E-state index in [1.165, 1.54) is 0 Å². The third-order valence-corrected chi connectivity index (χ3v) is 9.92. The van der Waals surface area contributed by atoms with Crippen LogP contribution in [0.2, 0.25) is 0 Å². The van der Waals surface area contributed by atoms with Crippen LogP contribution in [-0.4, -0.2) is 123 Å². The highest BCUT2D eigenvalue weighted by molar-refractivity contribution is 5.70. The number of hydrogen-bond donors (Lipinski definition) is 4. The van der Waals surface area contributed by atoms with Gasteiger partial charge in [0.25, 0.3) is 0 Å². The number of aliphatic hydroxyl groups is 4. The lowest BCUT2D eigenvalue weighted by Gasteiger charge is -2.39. The lowest BCUT2D eigenvalue weighted by Crippen LogP contribution is -2.52. The molecule has 4 N–H and O–H groups in total. The van der Waals surface area contributed by atoms with Crippen LogP contribution in [0.3, 0.4) is 0 Å². The Labute approximate surface area is 294 Å². The quantitative estimate of drug-likeness (QED) is 0.112. The number of hydrogen-bond acceptors (Lipinski definition) is 10. The molecule has 2 fully saturated rings. The number of cyclic esters (lactones) is 1. The molecule has 1 amide bonds. The lowest BCUT2D eigenvalue weighted by atomic mass is 9.88. The van der Waals surface area contributed by atoms with Gasteiger partial charge < -0.3 is 39.5 Å². The topological polar surface area (TPSA) is 153 Å². The van der Waals surface area contributed by atoms with Crippen LogP contribution in [0.5, 0.6) is 0 Å². The van der Waals surface area contributed by atoms with Crippen molar-refractivity contribution in [3.63, 3.8) is 0 Å². The summed E-state index contributed by atoms with van der Waals surface area (Å²) < 4.78 is 17.6. The molecule has 0 aromatic rings. The van der Waals surface area contributed by atoms with Gasteiger partial charge in [0.15, 0.2) is 6.10 Å². The van der Waals surface area contributed by atoms with Crippen LogP contribution in [0.4, 0.5) is 4.79 Å². The van der Waals surface area contributed by atoms with Crippen molar-refractivity contribution in [2.45, 2.75) is 142 Å². The van der Waals surface area contributed by atoms with E-state index in [2.05, 4.69) is 25.7 Å². The Morgan fingerprint density at radius 3 is 2.45 bits per heavy atom. The fourth-order valence-electron chi connectivity index (χ4n) is 6.74. The number of allylic oxidation sites excluding steroid dienone is 2. The van der Waals surface area contributed by atoms with Crippen molar-refractivity contribution in [1.82, 2.24) is 9.80 Å². The smallest absolute Gasteiger partial charge is 0.410 e. The number of aliphatic hydroxyl groups excluding tert-OH is 2. The molecular formula is C38H64N2O9. The molecule has 0 radical (unpaired) electrons. The van der Waals surface area contributed by atoms with Gasteiger partial charge in [-0.2, -0.15) is 0 Å². The van der Waals surface area contributed by atoms with Crippen molar-refractivity contribution in [3.8, 4) is 0 Å². The minimum Gasteiger partial charge on any atom is -0.457 e. The molecule has 3 rings (SSSR count). The highest BCUT2D eigenvalue weighted by Gasteiger charge is 2.47. The maximum atomic E-state index is 13.3. The first-order chi connectivity index (χ1) is 22.7. The molecule has 0 aliphatic carbocycles. The van der Waals surface area contributed by atoms with Gasteiger partial charge in [0.2, 0.25) is 0 Å². The van der Waals surface area contributed by atoms with E-state index in [0.717, 1.165) is 19.6 Å². The summed E-state index contributed by atoms with van der Waals surface area (Å²) in [6, 6.07) is 0. The third kappa shape index (κ3) is 13.1. The summed E-state index contributed by atoms with van der Waals surface area (Å²) in [6.07, 6.45) is 5.72. The second kappa shape index (κ2) is 17.3. The first kappa shape index (κ1) is 41.1. The standard InChI is InChI=1S/C38H64N2O9/c1-10-29(42)27(4)34-30(47-34)23-37(8,45)16-11-12-25(2)33-26(3)13-14-31(38(9,46)17-15-28(41)22-32(43)49-33)48-35(44)40-20-18-39(19-21-40)24-36(5,6)7/h11-14,16,26-31,33-34,41-42,45-46H,10,15,17-24H2,1-9H3. The highest BCUT2D eigenvalue weighted by atomic mass is 16.6. The monoisotopic (exact) mass is 692 g/mol. The first-order valence-electron chi connectivity index (χ1n) is 18.1. The molecule has 0 bridgehead atoms. The summed E-state index contributed by atoms with van der Waals surface area (Å²) in [5.74, 6) is -0.951. The average Bonchev–Trinajstić information content (AvgIpc) is 3.76. The minimum absolute atomic E-state index is 0.0123. The number of piperazine rings is 1. The van der Waals surface area contributed by atoms with E-state index in [1.807, 2.05) is 27.7 Å². The molecule has 49 heavy (non-hydrogen) atoms. The molecule has 11 heteroatoms. The summed E-state index contributed by atoms with van der Waals surface area (Å²) in [4.78, 5) is 30.2. The van der Waals surface area contributed by atoms with Crippen molar-refractivity contribution in [2.24, 2.45) is 17.3 Å². The maximum Gasteiger partial charge on any atom is 0.410 e. The largest absolute Gasteiger partial charge is 0.457 e. The number of esters is 1. The molecule has 0 aromatic carbocycles. The number of epoxide rings is 1. The van der Waals surface area contributed by atoms with E-state index < -0.39 is 47.7 Å². The van der Waals surface area contributed by atoms with E-state index in [9.17, 15) is 30.0 Å². The van der Waals surface area contributed by atoms with Crippen LogP contribution < -0.4 is 0 Å². The van der Waals surface area contributed by atoms with Crippen molar-refractivity contribution < 1.29 is 44.2 Å². The molecule has 3 aliphatic rings. The van der Waals surface area contributed by atoms with Gasteiger partial charge in [-0.25, -0.2) is 4.79 Å². The Balaban J connectivity index is 1.72. The van der Waals surface area contributed by atoms with Gasteiger partial charge in [0, 0.05) is 51.0 Å². The van der Waals surface area contributed by atoms with Gasteiger partial charge in [0.05, 0.1) is 36.4 Å². The van der Waals surface area contributed by atoms with Crippen LogP contribution in [0.25, 0.3) is 0 Å². The summed E-state index contributed by atoms with van der Waals surface area (Å²) >= 11 is 0. The fourth-order valence-corrected chi connectivity index (χ4v) is 6.74. The summed E-state index contributed by atoms with van der Waals surface area (Å²) in [7, 11) is 0.